The number of fused-ring (bicyclic) bond motifs is 2. The summed E-state index contributed by atoms with van der Waals surface area (Å²) in [4.78, 5) is 0. The Morgan fingerprint density at radius 2 is 0.940 bits per heavy atom. The molecule has 0 radical (unpaired) electrons. The van der Waals surface area contributed by atoms with Crippen LogP contribution in [-0.2, 0) is 20.9 Å². The molecule has 0 saturated heterocycles. The molecule has 2 aliphatic rings. The van der Waals surface area contributed by atoms with Crippen molar-refractivity contribution in [2.24, 2.45) is 0 Å². The van der Waals surface area contributed by atoms with Crippen LogP contribution in [0, 0.1) is 0 Å². The van der Waals surface area contributed by atoms with E-state index in [0.29, 0.717) is 19.1 Å². The average Bonchev–Trinajstić information content (AvgIpc) is 3.70. The van der Waals surface area contributed by atoms with Crippen LogP contribution in [0.1, 0.15) is 145 Å². The molecule has 0 bridgehead atoms. The van der Waals surface area contributed by atoms with E-state index in [1.54, 1.807) is 33.4 Å². The predicted octanol–water partition coefficient (Wildman–Crippen LogP) is 14.6. The van der Waals surface area contributed by atoms with Gasteiger partial charge in [-0.05, 0) is 0 Å². The van der Waals surface area contributed by atoms with E-state index in [1.807, 2.05) is 0 Å². The summed E-state index contributed by atoms with van der Waals surface area (Å²) >= 11 is -2.23. The van der Waals surface area contributed by atoms with Crippen LogP contribution in [-0.4, -0.2) is 5.92 Å². The van der Waals surface area contributed by atoms with Gasteiger partial charge in [-0.15, -0.1) is 0 Å². The third-order valence-electron chi connectivity index (χ3n) is 12.1. The van der Waals surface area contributed by atoms with Crippen LogP contribution < -0.4 is 0 Å². The van der Waals surface area contributed by atoms with Gasteiger partial charge in [-0.2, -0.15) is 0 Å². The number of unbranched alkanes of at least 4 members (excludes halogenated alkanes) is 2. The van der Waals surface area contributed by atoms with Gasteiger partial charge in [0.1, 0.15) is 0 Å². The van der Waals surface area contributed by atoms with Gasteiger partial charge >= 0.3 is 316 Å². The second-order valence-electron chi connectivity index (χ2n) is 15.6. The third-order valence-corrected chi connectivity index (χ3v) is 33.8. The van der Waals surface area contributed by atoms with Crippen molar-refractivity contribution in [2.75, 3.05) is 0 Å². The van der Waals surface area contributed by atoms with Crippen LogP contribution in [0.2, 0.25) is 13.1 Å². The molecule has 0 amide bonds. The van der Waals surface area contributed by atoms with E-state index in [0.717, 1.165) is 0 Å². The Balaban J connectivity index is 1.53. The van der Waals surface area contributed by atoms with Crippen LogP contribution in [0.15, 0.2) is 96.1 Å². The van der Waals surface area contributed by atoms with E-state index < -0.39 is 26.8 Å². The van der Waals surface area contributed by atoms with Crippen molar-refractivity contribution in [1.29, 1.82) is 0 Å². The Morgan fingerprint density at radius 3 is 1.32 bits per heavy atom. The molecule has 6 rings (SSSR count). The molecule has 4 aromatic carbocycles. The number of benzene rings is 4. The zero-order valence-electron chi connectivity index (χ0n) is 32.3. The Kier molecular flexibility index (Phi) is 12.6. The molecule has 50 heavy (non-hydrogen) atoms. The van der Waals surface area contributed by atoms with Crippen molar-refractivity contribution in [3.05, 3.63) is 129 Å². The van der Waals surface area contributed by atoms with Gasteiger partial charge < -0.3 is 0 Å². The molecule has 0 aromatic heterocycles. The van der Waals surface area contributed by atoms with Crippen molar-refractivity contribution in [3.8, 4) is 22.3 Å². The monoisotopic (exact) mass is 755 g/mol. The first-order valence-corrected chi connectivity index (χ1v) is 30.0. The summed E-state index contributed by atoms with van der Waals surface area (Å²) in [6, 6.07) is 33.4. The molecule has 0 spiro atoms. The van der Waals surface area contributed by atoms with Crippen LogP contribution in [0.25, 0.3) is 34.4 Å². The molecule has 2 aliphatic carbocycles. The number of allylic oxidation sites excluding steroid dienone is 2. The van der Waals surface area contributed by atoms with Crippen molar-refractivity contribution in [3.63, 3.8) is 0 Å². The molecule has 0 N–H and O–H groups in total. The maximum atomic E-state index is 2.74. The minimum atomic E-state index is -2.23. The predicted molar refractivity (Wildman–Crippen MR) is 221 cm³/mol. The van der Waals surface area contributed by atoms with Gasteiger partial charge in [0.05, 0.1) is 0 Å². The minimum absolute atomic E-state index is 0.554. The van der Waals surface area contributed by atoms with Gasteiger partial charge in [-0.1, -0.05) is 0 Å². The summed E-state index contributed by atoms with van der Waals surface area (Å²) in [6.45, 7) is 19.7. The fourth-order valence-corrected chi connectivity index (χ4v) is 31.9. The standard InChI is InChI=1S/2C23H27.C2H7Si.Zr/c2*1-4-6-10-18-15-19-11-9-14-22(23(19)16-18)21-13-8-7-12-20(21)17(3)5-2;1-3-2;/h2*7-9,11-17H,4-6,10H2,1-3H3;3H,1-2H3;. The summed E-state index contributed by atoms with van der Waals surface area (Å²) in [5.74, 6) is 0.126. The summed E-state index contributed by atoms with van der Waals surface area (Å²) in [5, 5.41) is 0. The Morgan fingerprint density at radius 1 is 0.540 bits per heavy atom. The molecule has 4 atom stereocenters. The molecule has 0 saturated carbocycles. The van der Waals surface area contributed by atoms with Crippen LogP contribution in [0.3, 0.4) is 0 Å². The second-order valence-corrected chi connectivity index (χ2v) is 35.6. The number of hydrogen-bond acceptors (Lipinski definition) is 0. The second kappa shape index (κ2) is 16.9. The summed E-state index contributed by atoms with van der Waals surface area (Å²) < 4.78 is 1.36. The van der Waals surface area contributed by atoms with Gasteiger partial charge in [0.15, 0.2) is 0 Å². The Labute approximate surface area is 313 Å². The zero-order valence-corrected chi connectivity index (χ0v) is 35.9. The maximum absolute atomic E-state index is 2.74. The first kappa shape index (κ1) is 37.2. The molecule has 0 fully saturated rings. The molecule has 0 heterocycles. The van der Waals surface area contributed by atoms with E-state index in [2.05, 4.69) is 152 Å². The van der Waals surface area contributed by atoms with E-state index in [-0.39, 0.29) is 0 Å². The Hall–Kier alpha value is -2.54. The van der Waals surface area contributed by atoms with Gasteiger partial charge in [0, 0.05) is 0 Å². The van der Waals surface area contributed by atoms with E-state index in [9.17, 15) is 0 Å². The van der Waals surface area contributed by atoms with Gasteiger partial charge in [0.2, 0.25) is 0 Å². The summed E-state index contributed by atoms with van der Waals surface area (Å²) in [7, 11) is 0. The third kappa shape index (κ3) is 7.23. The fraction of sp³-hybridized carbons (Fsp3) is 0.417. The number of rotatable bonds is 15. The fourth-order valence-electron chi connectivity index (χ4n) is 9.00. The van der Waals surface area contributed by atoms with Crippen LogP contribution in [0.5, 0.6) is 0 Å². The van der Waals surface area contributed by atoms with Crippen LogP contribution >= 0.6 is 0 Å². The van der Waals surface area contributed by atoms with E-state index >= 15 is 0 Å². The average molecular weight is 757 g/mol. The SMILES string of the molecule is CCCCC1=Cc2c(-c3ccccc3C(C)CC)cccc2[CH]1[Zr]([CH]1C(CCCC)=Cc2c(-c3ccccc3C(C)CC)cccc21)[SiH](C)C. The quantitative estimate of drug-likeness (QED) is 0.106. The molecule has 4 unspecified atom stereocenters. The molecule has 0 aliphatic heterocycles. The molecular formula is C48H61SiZr. The van der Waals surface area contributed by atoms with Crippen LogP contribution in [0.4, 0.5) is 0 Å². The van der Waals surface area contributed by atoms with Crippen molar-refractivity contribution >= 4 is 18.1 Å². The van der Waals surface area contributed by atoms with Crippen molar-refractivity contribution < 1.29 is 20.9 Å². The summed E-state index contributed by atoms with van der Waals surface area (Å²) in [5.41, 5.74) is 18.9. The van der Waals surface area contributed by atoms with Gasteiger partial charge in [-0.3, -0.25) is 0 Å². The molecule has 4 aromatic rings. The molecule has 2 heteroatoms. The van der Waals surface area contributed by atoms with E-state index in [1.165, 1.54) is 84.7 Å². The molecule has 261 valence electrons. The van der Waals surface area contributed by atoms with Gasteiger partial charge in [-0.25, -0.2) is 0 Å². The van der Waals surface area contributed by atoms with Crippen molar-refractivity contribution in [2.45, 2.75) is 125 Å². The van der Waals surface area contributed by atoms with Crippen molar-refractivity contribution in [1.82, 2.24) is 0 Å². The summed E-state index contributed by atoms with van der Waals surface area (Å²) in [6.07, 6.45) is 15.4. The van der Waals surface area contributed by atoms with Gasteiger partial charge in [0.25, 0.3) is 0 Å². The topological polar surface area (TPSA) is 0 Å². The first-order chi connectivity index (χ1) is 24.3. The zero-order chi connectivity index (χ0) is 35.4. The Bertz CT molecular complexity index is 1710. The van der Waals surface area contributed by atoms with E-state index in [4.69, 9.17) is 0 Å². The normalized spacial score (nSPS) is 17.7. The first-order valence-electron chi connectivity index (χ1n) is 20.1. The molecular weight excluding hydrogens is 696 g/mol. The number of hydrogen-bond donors (Lipinski definition) is 0. The molecule has 0 nitrogen and oxygen atoms in total.